The molecule has 4 N–H and O–H groups in total. The van der Waals surface area contributed by atoms with Gasteiger partial charge in [-0.1, -0.05) is 24.3 Å². The van der Waals surface area contributed by atoms with E-state index in [9.17, 15) is 24.6 Å². The number of amides is 3. The van der Waals surface area contributed by atoms with E-state index in [1.807, 2.05) is 0 Å². The van der Waals surface area contributed by atoms with Crippen LogP contribution in [0.3, 0.4) is 0 Å². The largest absolute Gasteiger partial charge is 0.505 e. The normalized spacial score (nSPS) is 11.8. The second-order valence-corrected chi connectivity index (χ2v) is 8.40. The Morgan fingerprint density at radius 3 is 2.50 bits per heavy atom. The van der Waals surface area contributed by atoms with E-state index in [1.165, 1.54) is 36.4 Å². The summed E-state index contributed by atoms with van der Waals surface area (Å²) in [7, 11) is 3.09. The maximum atomic E-state index is 13.3. The van der Waals surface area contributed by atoms with Gasteiger partial charge in [-0.05, 0) is 47.9 Å². The summed E-state index contributed by atoms with van der Waals surface area (Å²) in [5.41, 5.74) is 4.11. The molecule has 5 rings (SSSR count). The Bertz CT molecular complexity index is 1770. The van der Waals surface area contributed by atoms with Crippen LogP contribution < -0.4 is 31.2 Å². The lowest BCUT2D eigenvalue weighted by molar-refractivity contribution is 0.0696. The average Bonchev–Trinajstić information content (AvgIpc) is 3.28. The molecular formula is C27H21N5O6. The molecule has 0 atom stereocenters. The monoisotopic (exact) mass is 511 g/mol. The van der Waals surface area contributed by atoms with Gasteiger partial charge in [0.15, 0.2) is 5.75 Å². The number of nitrogens with zero attached hydrogens (tertiary/aromatic N) is 3. The van der Waals surface area contributed by atoms with Crippen LogP contribution in [-0.2, 0) is 0 Å². The third kappa shape index (κ3) is 4.44. The van der Waals surface area contributed by atoms with E-state index in [4.69, 9.17) is 4.74 Å². The number of phenols is 1. The molecule has 1 heterocycles. The summed E-state index contributed by atoms with van der Waals surface area (Å²) >= 11 is 0. The molecule has 1 aliphatic rings. The third-order valence-electron chi connectivity index (χ3n) is 6.00. The number of carboxylic acid groups (broad SMARTS) is 1. The topological polar surface area (TPSA) is 153 Å². The van der Waals surface area contributed by atoms with Crippen LogP contribution in [-0.4, -0.2) is 42.3 Å². The van der Waals surface area contributed by atoms with Gasteiger partial charge in [-0.3, -0.25) is 15.2 Å². The highest BCUT2D eigenvalue weighted by Crippen LogP contribution is 2.38. The zero-order valence-corrected chi connectivity index (χ0v) is 20.2. The molecular weight excluding hydrogens is 490 g/mol. The van der Waals surface area contributed by atoms with E-state index in [2.05, 4.69) is 20.7 Å². The van der Waals surface area contributed by atoms with Crippen LogP contribution in [0.1, 0.15) is 20.7 Å². The lowest BCUT2D eigenvalue weighted by Crippen LogP contribution is -2.26. The number of benzene rings is 4. The Kier molecular flexibility index (Phi) is 6.09. The standard InChI is InChI=1S/C27H21N5O6/c1-32(21-12-15(26(35)36)7-10-22(21)38-2)31-23-17-6-4-3-5-14(17)11-18(24(23)33)25(34)28-16-8-9-19-20(13-16)30-27(37)29-19/h3-13,31,33H,1-2H3,(H,28,34)(H,35,36). The molecule has 0 radical (unpaired) electrons. The molecule has 3 amide bonds. The number of urea groups is 1. The van der Waals surface area contributed by atoms with Gasteiger partial charge in [-0.15, -0.1) is 0 Å². The van der Waals surface area contributed by atoms with E-state index >= 15 is 0 Å². The number of nitrogens with one attached hydrogen (secondary N) is 2. The van der Waals surface area contributed by atoms with Crippen molar-refractivity contribution in [3.8, 4) is 11.5 Å². The molecule has 0 unspecified atom stereocenters. The van der Waals surface area contributed by atoms with E-state index < -0.39 is 17.9 Å². The van der Waals surface area contributed by atoms with Crippen LogP contribution in [0.2, 0.25) is 0 Å². The lowest BCUT2D eigenvalue weighted by Gasteiger charge is -2.26. The van der Waals surface area contributed by atoms with Crippen molar-refractivity contribution >= 4 is 45.7 Å². The zero-order valence-electron chi connectivity index (χ0n) is 20.2. The Labute approximate surface area is 215 Å². The molecule has 0 saturated heterocycles. The van der Waals surface area contributed by atoms with Crippen molar-refractivity contribution < 1.29 is 29.3 Å². The maximum Gasteiger partial charge on any atom is 0.368 e. The smallest absolute Gasteiger partial charge is 0.368 e. The van der Waals surface area contributed by atoms with E-state index in [0.29, 0.717) is 38.6 Å². The molecule has 0 fully saturated rings. The molecule has 1 aliphatic heterocycles. The van der Waals surface area contributed by atoms with Gasteiger partial charge in [-0.2, -0.15) is 9.98 Å². The van der Waals surface area contributed by atoms with Crippen molar-refractivity contribution in [3.63, 3.8) is 0 Å². The highest BCUT2D eigenvalue weighted by atomic mass is 16.5. The molecule has 0 aliphatic carbocycles. The minimum atomic E-state index is -1.10. The quantitative estimate of drug-likeness (QED) is 0.218. The summed E-state index contributed by atoms with van der Waals surface area (Å²) < 4.78 is 5.39. The Morgan fingerprint density at radius 2 is 1.74 bits per heavy atom. The van der Waals surface area contributed by atoms with Gasteiger partial charge in [0.1, 0.15) is 11.4 Å². The number of rotatable bonds is 7. The number of hydrogen-bond acceptors (Lipinski definition) is 7. The predicted molar refractivity (Wildman–Crippen MR) is 140 cm³/mol. The van der Waals surface area contributed by atoms with Crippen LogP contribution in [0.25, 0.3) is 10.8 Å². The van der Waals surface area contributed by atoms with Gasteiger partial charge in [0.05, 0.1) is 34.6 Å². The Morgan fingerprint density at radius 1 is 0.974 bits per heavy atom. The summed E-state index contributed by atoms with van der Waals surface area (Å²) in [6, 6.07) is 17.2. The number of fused-ring (bicyclic) bond motifs is 2. The van der Waals surface area contributed by atoms with Gasteiger partial charge in [-0.25, -0.2) is 9.59 Å². The zero-order chi connectivity index (χ0) is 27.0. The molecule has 190 valence electrons. The number of carbonyl (C=O) groups excluding carboxylic acids is 2. The average molecular weight is 511 g/mol. The number of aromatic carboxylic acids is 1. The number of phenolic OH excluding ortho intramolecular Hbond substituents is 1. The molecule has 11 nitrogen and oxygen atoms in total. The van der Waals surface area contributed by atoms with Crippen molar-refractivity contribution in [3.05, 3.63) is 88.6 Å². The lowest BCUT2D eigenvalue weighted by atomic mass is 10.0. The number of hydrazine groups is 1. The van der Waals surface area contributed by atoms with E-state index in [0.717, 1.165) is 0 Å². The summed E-state index contributed by atoms with van der Waals surface area (Å²) in [6.45, 7) is 0. The fraction of sp³-hybridized carbons (Fsp3) is 0.0741. The van der Waals surface area contributed by atoms with Crippen molar-refractivity contribution in [2.75, 3.05) is 29.9 Å². The van der Waals surface area contributed by atoms with Crippen LogP contribution in [0.5, 0.6) is 11.5 Å². The second kappa shape index (κ2) is 9.54. The number of methoxy groups -OCH3 is 1. The van der Waals surface area contributed by atoms with Gasteiger partial charge in [0.2, 0.25) is 0 Å². The second-order valence-electron chi connectivity index (χ2n) is 8.40. The fourth-order valence-corrected chi connectivity index (χ4v) is 4.15. The fourth-order valence-electron chi connectivity index (χ4n) is 4.15. The Balaban J connectivity index is 1.53. The summed E-state index contributed by atoms with van der Waals surface area (Å²) in [4.78, 5) is 43.8. The number of carboxylic acids is 1. The molecule has 0 saturated carbocycles. The first-order valence-corrected chi connectivity index (χ1v) is 11.3. The van der Waals surface area contributed by atoms with Gasteiger partial charge >= 0.3 is 12.0 Å². The first kappa shape index (κ1) is 24.3. The maximum absolute atomic E-state index is 13.3. The number of carbonyl (C=O) groups is 3. The highest BCUT2D eigenvalue weighted by Gasteiger charge is 2.21. The van der Waals surface area contributed by atoms with Gasteiger partial charge in [0, 0.05) is 18.1 Å². The van der Waals surface area contributed by atoms with Crippen LogP contribution >= 0.6 is 0 Å². The molecule has 0 spiro atoms. The van der Waals surface area contributed by atoms with Crippen molar-refractivity contribution in [1.29, 1.82) is 0 Å². The van der Waals surface area contributed by atoms with Gasteiger partial charge in [0.25, 0.3) is 5.91 Å². The molecule has 0 bridgehead atoms. The van der Waals surface area contributed by atoms with Crippen molar-refractivity contribution in [2.24, 2.45) is 9.98 Å². The summed E-state index contributed by atoms with van der Waals surface area (Å²) in [6.07, 6.45) is 0. The number of anilines is 3. The predicted octanol–water partition coefficient (Wildman–Crippen LogP) is 3.34. The van der Waals surface area contributed by atoms with Crippen LogP contribution in [0, 0.1) is 0 Å². The first-order valence-electron chi connectivity index (χ1n) is 11.3. The van der Waals surface area contributed by atoms with Crippen LogP contribution in [0.15, 0.2) is 76.7 Å². The molecule has 4 aromatic rings. The first-order chi connectivity index (χ1) is 18.2. The number of ether oxygens (including phenoxy) is 1. The summed E-state index contributed by atoms with van der Waals surface area (Å²) in [5, 5.41) is 26.9. The molecule has 4 aromatic carbocycles. The number of hydrogen-bond donors (Lipinski definition) is 4. The molecule has 38 heavy (non-hydrogen) atoms. The minimum absolute atomic E-state index is 0.0101. The molecule has 11 heteroatoms. The van der Waals surface area contributed by atoms with E-state index in [1.54, 1.807) is 49.5 Å². The minimum Gasteiger partial charge on any atom is -0.505 e. The van der Waals surface area contributed by atoms with Crippen LogP contribution in [0.4, 0.5) is 21.9 Å². The molecule has 0 aromatic heterocycles. The Hall–Kier alpha value is -5.45. The third-order valence-corrected chi connectivity index (χ3v) is 6.00. The van der Waals surface area contributed by atoms with E-state index in [-0.39, 0.29) is 22.6 Å². The van der Waals surface area contributed by atoms with Crippen molar-refractivity contribution in [2.45, 2.75) is 0 Å². The highest BCUT2D eigenvalue weighted by molar-refractivity contribution is 6.12. The summed E-state index contributed by atoms with van der Waals surface area (Å²) in [5.74, 6) is -1.62. The number of aromatic hydroxyl groups is 1. The SMILES string of the molecule is COc1ccc(C(=O)O)cc1N(C)Nc1c(O)c(C(=O)Nc2ccc3c(c2)=NC(=O)N=3)cc2ccccc12. The van der Waals surface area contributed by atoms with Gasteiger partial charge < -0.3 is 20.3 Å². The van der Waals surface area contributed by atoms with Crippen molar-refractivity contribution in [1.82, 2.24) is 0 Å².